The van der Waals surface area contributed by atoms with Crippen LogP contribution in [0.3, 0.4) is 0 Å². The number of likely N-dealkylation sites (N-methyl/N-ethyl adjacent to an activating group) is 1. The van der Waals surface area contributed by atoms with Gasteiger partial charge >= 0.3 is 0 Å². The molecule has 0 bridgehead atoms. The number of amidine groups is 1. The molecule has 3 heteroatoms. The van der Waals surface area contributed by atoms with Crippen LogP contribution in [0.15, 0.2) is 17.6 Å². The van der Waals surface area contributed by atoms with Crippen LogP contribution in [0, 0.1) is 5.41 Å². The van der Waals surface area contributed by atoms with E-state index in [4.69, 9.17) is 5.41 Å². The highest BCUT2D eigenvalue weighted by molar-refractivity contribution is 5.96. The van der Waals surface area contributed by atoms with Crippen LogP contribution in [-0.2, 0) is 0 Å². The molecule has 0 fully saturated rings. The SMILES string of the molecule is C=C/C(=N\C=N)NCC. The minimum absolute atomic E-state index is 0.646. The minimum atomic E-state index is 0.646. The first-order chi connectivity index (χ1) is 4.35. The summed E-state index contributed by atoms with van der Waals surface area (Å²) in [6, 6.07) is 0. The molecule has 0 saturated carbocycles. The van der Waals surface area contributed by atoms with Crippen LogP contribution < -0.4 is 5.32 Å². The van der Waals surface area contributed by atoms with E-state index in [1.807, 2.05) is 6.92 Å². The van der Waals surface area contributed by atoms with Gasteiger partial charge in [0.25, 0.3) is 0 Å². The van der Waals surface area contributed by atoms with Crippen molar-refractivity contribution >= 4 is 12.2 Å². The molecule has 0 spiro atoms. The molecule has 0 atom stereocenters. The van der Waals surface area contributed by atoms with Crippen molar-refractivity contribution in [3.05, 3.63) is 12.7 Å². The number of hydrogen-bond donors (Lipinski definition) is 2. The van der Waals surface area contributed by atoms with E-state index >= 15 is 0 Å². The highest BCUT2D eigenvalue weighted by Gasteiger charge is 1.83. The highest BCUT2D eigenvalue weighted by Crippen LogP contribution is 1.71. The van der Waals surface area contributed by atoms with E-state index < -0.39 is 0 Å². The van der Waals surface area contributed by atoms with E-state index in [-0.39, 0.29) is 0 Å². The van der Waals surface area contributed by atoms with Gasteiger partial charge in [-0.2, -0.15) is 0 Å². The lowest BCUT2D eigenvalue weighted by Crippen LogP contribution is -2.20. The molecule has 0 unspecified atom stereocenters. The Labute approximate surface area is 55.0 Å². The smallest absolute Gasteiger partial charge is 0.127 e. The normalized spacial score (nSPS) is 10.6. The molecule has 50 valence electrons. The number of aliphatic imine (C=N–C) groups is 1. The maximum absolute atomic E-state index is 6.61. The van der Waals surface area contributed by atoms with Gasteiger partial charge in [-0.3, -0.25) is 5.41 Å². The summed E-state index contributed by atoms with van der Waals surface area (Å²) in [7, 11) is 0. The molecule has 2 N–H and O–H groups in total. The predicted octanol–water partition coefficient (Wildman–Crippen LogP) is 0.787. The molecule has 0 aliphatic rings. The fourth-order valence-electron chi connectivity index (χ4n) is 0.421. The van der Waals surface area contributed by atoms with Crippen LogP contribution in [0.5, 0.6) is 0 Å². The molecule has 0 saturated heterocycles. The third kappa shape index (κ3) is 3.46. The summed E-state index contributed by atoms with van der Waals surface area (Å²) >= 11 is 0. The van der Waals surface area contributed by atoms with E-state index in [1.165, 1.54) is 0 Å². The second-order valence-electron chi connectivity index (χ2n) is 1.38. The van der Waals surface area contributed by atoms with Crippen molar-refractivity contribution in [3.8, 4) is 0 Å². The molecule has 0 heterocycles. The van der Waals surface area contributed by atoms with Gasteiger partial charge in [0.05, 0.1) is 0 Å². The molecule has 9 heavy (non-hydrogen) atoms. The van der Waals surface area contributed by atoms with Crippen LogP contribution in [0.4, 0.5) is 0 Å². The van der Waals surface area contributed by atoms with Crippen LogP contribution >= 0.6 is 0 Å². The van der Waals surface area contributed by atoms with Crippen molar-refractivity contribution in [1.82, 2.24) is 5.32 Å². The Bertz CT molecular complexity index is 126. The summed E-state index contributed by atoms with van der Waals surface area (Å²) in [6.07, 6.45) is 2.56. The Balaban J connectivity index is 3.80. The Kier molecular flexibility index (Phi) is 4.40. The zero-order chi connectivity index (χ0) is 7.11. The molecular formula is C6H11N3. The number of rotatable bonds is 3. The molecule has 3 nitrogen and oxygen atoms in total. The van der Waals surface area contributed by atoms with Gasteiger partial charge in [0.1, 0.15) is 12.2 Å². The monoisotopic (exact) mass is 125 g/mol. The van der Waals surface area contributed by atoms with Crippen molar-refractivity contribution < 1.29 is 0 Å². The quantitative estimate of drug-likeness (QED) is 0.425. The standard InChI is InChI=1S/C6H11N3/c1-3-6(8-4-2)9-5-7/h3,5H,1,4H2,2H3,(H2,7,8,9). The lowest BCUT2D eigenvalue weighted by Gasteiger charge is -1.97. The number of nitrogens with one attached hydrogen (secondary N) is 2. The predicted molar refractivity (Wildman–Crippen MR) is 40.1 cm³/mol. The van der Waals surface area contributed by atoms with E-state index in [1.54, 1.807) is 6.08 Å². The van der Waals surface area contributed by atoms with Gasteiger partial charge < -0.3 is 5.32 Å². The van der Waals surface area contributed by atoms with Crippen molar-refractivity contribution in [1.29, 1.82) is 5.41 Å². The van der Waals surface area contributed by atoms with Gasteiger partial charge in [-0.05, 0) is 13.0 Å². The molecule has 0 rings (SSSR count). The summed E-state index contributed by atoms with van der Waals surface area (Å²) in [5, 5.41) is 9.53. The van der Waals surface area contributed by atoms with Gasteiger partial charge in [-0.1, -0.05) is 6.58 Å². The summed E-state index contributed by atoms with van der Waals surface area (Å²) in [5.74, 6) is 0.646. The van der Waals surface area contributed by atoms with Gasteiger partial charge in [0.15, 0.2) is 0 Å². The van der Waals surface area contributed by atoms with Gasteiger partial charge in [-0.25, -0.2) is 4.99 Å². The second kappa shape index (κ2) is 5.03. The Morgan fingerprint density at radius 1 is 1.89 bits per heavy atom. The first-order valence-corrected chi connectivity index (χ1v) is 2.78. The van der Waals surface area contributed by atoms with E-state index in [2.05, 4.69) is 16.9 Å². The molecule has 0 aliphatic carbocycles. The van der Waals surface area contributed by atoms with Crippen LogP contribution in [0.1, 0.15) is 6.92 Å². The van der Waals surface area contributed by atoms with E-state index in [0.717, 1.165) is 12.9 Å². The van der Waals surface area contributed by atoms with Gasteiger partial charge in [0, 0.05) is 6.54 Å². The fourth-order valence-corrected chi connectivity index (χ4v) is 0.421. The molecule has 0 amide bonds. The van der Waals surface area contributed by atoms with Gasteiger partial charge in [-0.15, -0.1) is 0 Å². The van der Waals surface area contributed by atoms with Crippen molar-refractivity contribution in [2.45, 2.75) is 6.92 Å². The molecule has 0 aliphatic heterocycles. The third-order valence-corrected chi connectivity index (χ3v) is 0.755. The minimum Gasteiger partial charge on any atom is -0.370 e. The largest absolute Gasteiger partial charge is 0.370 e. The molecular weight excluding hydrogens is 114 g/mol. The van der Waals surface area contributed by atoms with Gasteiger partial charge in [0.2, 0.25) is 0 Å². The van der Waals surface area contributed by atoms with Crippen LogP contribution in [0.2, 0.25) is 0 Å². The number of hydrogen-bond acceptors (Lipinski definition) is 1. The highest BCUT2D eigenvalue weighted by atomic mass is 15.0. The summed E-state index contributed by atoms with van der Waals surface area (Å²) < 4.78 is 0. The second-order valence-corrected chi connectivity index (χ2v) is 1.38. The molecule has 0 radical (unpaired) electrons. The average Bonchev–Trinajstić information content (AvgIpc) is 1.88. The van der Waals surface area contributed by atoms with E-state index in [0.29, 0.717) is 5.84 Å². The molecule has 0 aromatic carbocycles. The van der Waals surface area contributed by atoms with Crippen LogP contribution in [-0.4, -0.2) is 18.7 Å². The maximum atomic E-state index is 6.61. The maximum Gasteiger partial charge on any atom is 0.127 e. The third-order valence-electron chi connectivity index (χ3n) is 0.755. The Morgan fingerprint density at radius 2 is 2.56 bits per heavy atom. The zero-order valence-electron chi connectivity index (χ0n) is 5.52. The summed E-state index contributed by atoms with van der Waals surface area (Å²) in [5.41, 5.74) is 0. The van der Waals surface area contributed by atoms with E-state index in [9.17, 15) is 0 Å². The Morgan fingerprint density at radius 3 is 2.89 bits per heavy atom. The summed E-state index contributed by atoms with van der Waals surface area (Å²) in [4.78, 5) is 3.66. The van der Waals surface area contributed by atoms with Crippen molar-refractivity contribution in [2.24, 2.45) is 4.99 Å². The molecule has 0 aromatic rings. The lowest BCUT2D eigenvalue weighted by atomic mass is 10.5. The molecule has 0 aromatic heterocycles. The first kappa shape index (κ1) is 7.88. The zero-order valence-corrected chi connectivity index (χ0v) is 5.52. The average molecular weight is 125 g/mol. The fraction of sp³-hybridized carbons (Fsp3) is 0.333. The van der Waals surface area contributed by atoms with Crippen molar-refractivity contribution in [3.63, 3.8) is 0 Å². The first-order valence-electron chi connectivity index (χ1n) is 2.78. The number of nitrogens with zero attached hydrogens (tertiary/aromatic N) is 1. The van der Waals surface area contributed by atoms with Crippen molar-refractivity contribution in [2.75, 3.05) is 6.54 Å². The summed E-state index contributed by atoms with van der Waals surface area (Å²) in [6.45, 7) is 6.27. The lowest BCUT2D eigenvalue weighted by molar-refractivity contribution is 0.973. The Hall–Kier alpha value is -1.12. The topological polar surface area (TPSA) is 48.2 Å². The van der Waals surface area contributed by atoms with Crippen LogP contribution in [0.25, 0.3) is 0 Å².